The van der Waals surface area contributed by atoms with E-state index in [1.54, 1.807) is 6.07 Å². The van der Waals surface area contributed by atoms with Crippen LogP contribution in [0.25, 0.3) is 0 Å². The molecule has 0 saturated carbocycles. The number of rotatable bonds is 0. The molecule has 1 heterocycles. The van der Waals surface area contributed by atoms with E-state index in [0.29, 0.717) is 17.5 Å². The number of nitrogens with one attached hydrogen (secondary N) is 1. The molecular weight excluding hydrogens is 261 g/mol. The van der Waals surface area contributed by atoms with Crippen molar-refractivity contribution in [1.29, 1.82) is 0 Å². The lowest BCUT2D eigenvalue weighted by atomic mass is 9.94. The Morgan fingerprint density at radius 3 is 3.20 bits per heavy atom. The summed E-state index contributed by atoms with van der Waals surface area (Å²) >= 11 is 3.19. The van der Waals surface area contributed by atoms with Crippen molar-refractivity contribution >= 4 is 15.9 Å². The molecule has 80 valence electrons. The van der Waals surface area contributed by atoms with Crippen LogP contribution in [0.1, 0.15) is 18.9 Å². The summed E-state index contributed by atoms with van der Waals surface area (Å²) in [5.41, 5.74) is 1.35. The van der Waals surface area contributed by atoms with Gasteiger partial charge in [0.15, 0.2) is 0 Å². The highest BCUT2D eigenvalue weighted by atomic mass is 79.9. The first kappa shape index (κ1) is 8.67. The van der Waals surface area contributed by atoms with Gasteiger partial charge in [-0.15, -0.1) is 0 Å². The van der Waals surface area contributed by atoms with E-state index in [1.807, 2.05) is 6.07 Å². The van der Waals surface area contributed by atoms with Crippen molar-refractivity contribution in [2.75, 3.05) is 13.3 Å². The van der Waals surface area contributed by atoms with Gasteiger partial charge in [0.2, 0.25) is 0 Å². The van der Waals surface area contributed by atoms with Crippen molar-refractivity contribution < 1.29 is 10.5 Å². The van der Waals surface area contributed by atoms with Gasteiger partial charge in [0.25, 0.3) is 0 Å². The van der Waals surface area contributed by atoms with Crippen molar-refractivity contribution in [2.45, 2.75) is 18.4 Å². The third-order valence-electron chi connectivity index (χ3n) is 3.26. The Kier molecular flexibility index (Phi) is 1.89. The molecule has 1 fully saturated rings. The molecule has 15 heavy (non-hydrogen) atoms. The van der Waals surface area contributed by atoms with Gasteiger partial charge in [-0.2, -0.15) is 0 Å². The molecule has 1 spiro atoms. The summed E-state index contributed by atoms with van der Waals surface area (Å²) in [7, 11) is 0. The minimum absolute atomic E-state index is 0.176. The fraction of sp³-hybridized carbons (Fsp3) is 0.455. The summed E-state index contributed by atoms with van der Waals surface area (Å²) < 4.78 is 27.1. The van der Waals surface area contributed by atoms with Crippen LogP contribution in [0.2, 0.25) is 0 Å². The monoisotopic (exact) mass is 272 g/mol. The highest BCUT2D eigenvalue weighted by Gasteiger charge is 2.42. The number of benzene rings is 1. The molecular formula is C11H11BrFNO. The van der Waals surface area contributed by atoms with Crippen LogP contribution >= 0.6 is 15.9 Å². The Bertz CT molecular complexity index is 456. The van der Waals surface area contributed by atoms with Gasteiger partial charge in [-0.05, 0) is 46.0 Å². The first-order valence-corrected chi connectivity index (χ1v) is 5.71. The van der Waals surface area contributed by atoms with Crippen LogP contribution in [-0.2, 0) is 16.7 Å². The molecule has 2 aliphatic rings. The Hall–Kier alpha value is -0.450. The lowest BCUT2D eigenvalue weighted by Gasteiger charge is -2.23. The van der Waals surface area contributed by atoms with E-state index in [0.717, 1.165) is 17.5 Å². The maximum Gasteiger partial charge on any atom is 0.140 e. The molecule has 2 atom stereocenters. The van der Waals surface area contributed by atoms with Crippen LogP contribution in [0.15, 0.2) is 16.6 Å². The predicted molar refractivity (Wildman–Crippen MR) is 58.1 cm³/mol. The molecule has 0 amide bonds. The van der Waals surface area contributed by atoms with Gasteiger partial charge in [-0.3, -0.25) is 5.32 Å². The summed E-state index contributed by atoms with van der Waals surface area (Å²) in [6.45, 7) is -0.243. The molecule has 1 N–H and O–H groups in total. The largest absolute Gasteiger partial charge is 0.364 e. The second kappa shape index (κ2) is 3.27. The summed E-state index contributed by atoms with van der Waals surface area (Å²) in [6, 6.07) is 3.64. The molecule has 1 saturated heterocycles. The molecule has 2 nitrogen and oxygen atoms in total. The Labute approximate surface area is 97.3 Å². The second-order valence-corrected chi connectivity index (χ2v) is 4.90. The smallest absolute Gasteiger partial charge is 0.140 e. The average molecular weight is 273 g/mol. The van der Waals surface area contributed by atoms with Gasteiger partial charge in [0.1, 0.15) is 5.82 Å². The number of hydrogen-bond acceptors (Lipinski definition) is 2. The molecule has 3 rings (SSSR count). The topological polar surface area (TPSA) is 21.3 Å². The zero-order valence-electron chi connectivity index (χ0n) is 9.02. The molecule has 1 aromatic carbocycles. The number of ether oxygens (including phenoxy) is 1. The van der Waals surface area contributed by atoms with Crippen molar-refractivity contribution in [3.05, 3.63) is 33.5 Å². The average Bonchev–Trinajstić information content (AvgIpc) is 2.79. The molecule has 1 aromatic rings. The lowest BCUT2D eigenvalue weighted by Crippen LogP contribution is -2.36. The lowest BCUT2D eigenvalue weighted by molar-refractivity contribution is 0.176. The minimum atomic E-state index is -0.697. The van der Waals surface area contributed by atoms with Crippen molar-refractivity contribution in [3.8, 4) is 0 Å². The third kappa shape index (κ3) is 1.28. The van der Waals surface area contributed by atoms with Crippen molar-refractivity contribution in [1.82, 2.24) is 5.32 Å². The van der Waals surface area contributed by atoms with Crippen LogP contribution in [0.4, 0.5) is 4.39 Å². The normalized spacial score (nSPS) is 34.5. The Morgan fingerprint density at radius 1 is 1.60 bits per heavy atom. The fourth-order valence-electron chi connectivity index (χ4n) is 2.44. The third-order valence-corrected chi connectivity index (χ3v) is 3.87. The molecule has 1 aliphatic heterocycles. The zero-order valence-corrected chi connectivity index (χ0v) is 9.60. The van der Waals surface area contributed by atoms with E-state index in [4.69, 9.17) is 6.11 Å². The van der Waals surface area contributed by atoms with Crippen LogP contribution in [-0.4, -0.2) is 13.3 Å². The molecule has 0 radical (unpaired) electrons. The number of hydrogen-bond donors (Lipinski definition) is 1. The van der Waals surface area contributed by atoms with Gasteiger partial charge >= 0.3 is 0 Å². The van der Waals surface area contributed by atoms with E-state index in [9.17, 15) is 4.39 Å². The highest BCUT2D eigenvalue weighted by Crippen LogP contribution is 2.41. The van der Waals surface area contributed by atoms with Crippen molar-refractivity contribution in [2.24, 2.45) is 0 Å². The van der Waals surface area contributed by atoms with E-state index in [2.05, 4.69) is 21.2 Å². The maximum absolute atomic E-state index is 13.9. The molecule has 4 heteroatoms. The van der Waals surface area contributed by atoms with Crippen LogP contribution < -0.4 is 5.32 Å². The predicted octanol–water partition coefficient (Wildman–Crippen LogP) is 2.31. The summed E-state index contributed by atoms with van der Waals surface area (Å²) in [6.07, 6.45) is 1.49. The molecule has 0 bridgehead atoms. The molecule has 1 unspecified atom stereocenters. The van der Waals surface area contributed by atoms with Crippen LogP contribution in [0.3, 0.4) is 0 Å². The van der Waals surface area contributed by atoms with E-state index >= 15 is 0 Å². The maximum atomic E-state index is 13.9. The number of halogens is 2. The number of fused-ring (bicyclic) bond motifs is 2. The van der Waals surface area contributed by atoms with E-state index in [-0.39, 0.29) is 11.4 Å². The van der Waals surface area contributed by atoms with Crippen molar-refractivity contribution in [3.63, 3.8) is 0 Å². The van der Waals surface area contributed by atoms with Crippen LogP contribution in [0.5, 0.6) is 0 Å². The van der Waals surface area contributed by atoms with Crippen LogP contribution in [0, 0.1) is 5.82 Å². The summed E-state index contributed by atoms with van der Waals surface area (Å²) in [5, 5.41) is 3.09. The molecule has 1 aliphatic carbocycles. The van der Waals surface area contributed by atoms with Gasteiger partial charge in [0.05, 0.1) is 24.7 Å². The first-order chi connectivity index (χ1) is 7.62. The van der Waals surface area contributed by atoms with Gasteiger partial charge in [0, 0.05) is 0 Å². The quantitative estimate of drug-likeness (QED) is 0.783. The SMILES string of the molecule is [2H][C@H]1NC2(CCc3c2ccc(Br)c3F)CO1. The zero-order chi connectivity index (χ0) is 11.3. The van der Waals surface area contributed by atoms with Gasteiger partial charge in [-0.25, -0.2) is 4.39 Å². The minimum Gasteiger partial charge on any atom is -0.364 e. The van der Waals surface area contributed by atoms with Gasteiger partial charge < -0.3 is 4.74 Å². The van der Waals surface area contributed by atoms with E-state index in [1.165, 1.54) is 0 Å². The van der Waals surface area contributed by atoms with Gasteiger partial charge in [-0.1, -0.05) is 6.07 Å². The fourth-order valence-corrected chi connectivity index (χ4v) is 2.81. The first-order valence-electron chi connectivity index (χ1n) is 5.49. The highest BCUT2D eigenvalue weighted by molar-refractivity contribution is 9.10. The molecule has 0 aromatic heterocycles. The summed E-state index contributed by atoms with van der Waals surface area (Å²) in [4.78, 5) is 0. The standard InChI is InChI=1S/C11H11BrFNO/c12-9-2-1-8-7(10(9)13)3-4-11(8)5-15-6-14-11/h1-2,14H,3-6H2/i6D/t6-,11?/m0/s1. The Morgan fingerprint density at radius 2 is 2.47 bits per heavy atom. The summed E-state index contributed by atoms with van der Waals surface area (Å²) in [5.74, 6) is -0.176. The van der Waals surface area contributed by atoms with E-state index < -0.39 is 6.71 Å². The second-order valence-electron chi connectivity index (χ2n) is 4.04. The Balaban J connectivity index is 2.10.